The molecule has 3 rings (SSSR count). The maximum Gasteiger partial charge on any atom is 0.247 e. The number of hydrogen-bond acceptors (Lipinski definition) is 4. The average molecular weight is 331 g/mol. The van der Waals surface area contributed by atoms with Crippen molar-refractivity contribution >= 4 is 23.6 Å². The van der Waals surface area contributed by atoms with E-state index in [1.807, 2.05) is 24.0 Å². The van der Waals surface area contributed by atoms with E-state index in [-0.39, 0.29) is 17.9 Å². The van der Waals surface area contributed by atoms with E-state index < -0.39 is 0 Å². The second-order valence-corrected chi connectivity index (χ2v) is 6.88. The van der Waals surface area contributed by atoms with Crippen LogP contribution in [0.2, 0.25) is 0 Å². The molecule has 1 saturated heterocycles. The molecule has 1 aromatic rings. The summed E-state index contributed by atoms with van der Waals surface area (Å²) in [5, 5.41) is 0. The van der Waals surface area contributed by atoms with Gasteiger partial charge in [0.15, 0.2) is 0 Å². The first-order valence-corrected chi connectivity index (χ1v) is 9.06. The van der Waals surface area contributed by atoms with Gasteiger partial charge >= 0.3 is 0 Å². The molecule has 6 heteroatoms. The lowest BCUT2D eigenvalue weighted by atomic mass is 10.2. The minimum atomic E-state index is -0.346. The van der Waals surface area contributed by atoms with Crippen molar-refractivity contribution in [1.29, 1.82) is 0 Å². The first-order valence-electron chi connectivity index (χ1n) is 7.91. The summed E-state index contributed by atoms with van der Waals surface area (Å²) < 4.78 is 0. The fourth-order valence-corrected chi connectivity index (χ4v) is 3.91. The van der Waals surface area contributed by atoms with E-state index in [4.69, 9.17) is 0 Å². The first kappa shape index (κ1) is 16.1. The molecule has 2 fully saturated rings. The van der Waals surface area contributed by atoms with Gasteiger partial charge in [-0.2, -0.15) is 0 Å². The fourth-order valence-electron chi connectivity index (χ4n) is 2.76. The monoisotopic (exact) mass is 331 g/mol. The van der Waals surface area contributed by atoms with Crippen LogP contribution in [0.15, 0.2) is 36.7 Å². The highest BCUT2D eigenvalue weighted by atomic mass is 32.2. The Morgan fingerprint density at radius 1 is 1.48 bits per heavy atom. The molecule has 0 aromatic carbocycles. The molecule has 5 nitrogen and oxygen atoms in total. The minimum Gasteiger partial charge on any atom is -0.334 e. The van der Waals surface area contributed by atoms with Gasteiger partial charge in [-0.05, 0) is 37.5 Å². The van der Waals surface area contributed by atoms with Crippen molar-refractivity contribution in [3.63, 3.8) is 0 Å². The van der Waals surface area contributed by atoms with E-state index in [0.29, 0.717) is 24.2 Å². The van der Waals surface area contributed by atoms with Gasteiger partial charge in [0.05, 0.1) is 5.88 Å². The fraction of sp³-hybridized carbons (Fsp3) is 0.471. The molecule has 0 unspecified atom stereocenters. The van der Waals surface area contributed by atoms with Crippen LogP contribution in [-0.2, 0) is 16.1 Å². The summed E-state index contributed by atoms with van der Waals surface area (Å²) in [6.07, 6.45) is 8.89. The molecule has 2 heterocycles. The smallest absolute Gasteiger partial charge is 0.247 e. The molecule has 122 valence electrons. The Kier molecular flexibility index (Phi) is 5.00. The molecule has 1 aromatic heterocycles. The van der Waals surface area contributed by atoms with Crippen LogP contribution in [0.4, 0.5) is 0 Å². The Labute approximate surface area is 140 Å². The van der Waals surface area contributed by atoms with E-state index >= 15 is 0 Å². The van der Waals surface area contributed by atoms with Gasteiger partial charge in [-0.3, -0.25) is 14.6 Å². The second kappa shape index (κ2) is 7.17. The lowest BCUT2D eigenvalue weighted by Crippen LogP contribution is -2.49. The van der Waals surface area contributed by atoms with Crippen LogP contribution in [0, 0.1) is 0 Å². The van der Waals surface area contributed by atoms with E-state index in [0.717, 1.165) is 18.4 Å². The number of carbonyl (C=O) groups is 2. The Balaban J connectivity index is 1.74. The van der Waals surface area contributed by atoms with Crippen molar-refractivity contribution in [2.75, 3.05) is 11.6 Å². The van der Waals surface area contributed by atoms with Crippen LogP contribution in [0.1, 0.15) is 25.3 Å². The van der Waals surface area contributed by atoms with Crippen molar-refractivity contribution in [3.8, 4) is 0 Å². The maximum absolute atomic E-state index is 13.0. The Morgan fingerprint density at radius 2 is 2.30 bits per heavy atom. The minimum absolute atomic E-state index is 0.0687. The van der Waals surface area contributed by atoms with Crippen LogP contribution < -0.4 is 0 Å². The third-order valence-corrected chi connectivity index (χ3v) is 5.12. The number of amides is 2. The third kappa shape index (κ3) is 3.75. The maximum atomic E-state index is 13.0. The second-order valence-electron chi connectivity index (χ2n) is 5.88. The normalized spacial score (nSPS) is 20.9. The summed E-state index contributed by atoms with van der Waals surface area (Å²) in [4.78, 5) is 32.9. The third-order valence-electron chi connectivity index (χ3n) is 4.11. The molecule has 2 amide bonds. The van der Waals surface area contributed by atoms with Crippen LogP contribution in [0.5, 0.6) is 0 Å². The summed E-state index contributed by atoms with van der Waals surface area (Å²) in [5.41, 5.74) is 1.03. The van der Waals surface area contributed by atoms with Crippen molar-refractivity contribution in [2.45, 2.75) is 38.4 Å². The van der Waals surface area contributed by atoms with Gasteiger partial charge in [0, 0.05) is 30.7 Å². The molecular formula is C17H21N3O2S. The number of carbonyl (C=O) groups excluding carboxylic acids is 2. The topological polar surface area (TPSA) is 53.5 Å². The first-order chi connectivity index (χ1) is 11.2. The lowest BCUT2D eigenvalue weighted by Gasteiger charge is -2.29. The predicted octanol–water partition coefficient (Wildman–Crippen LogP) is 2.05. The number of rotatable bonds is 5. The van der Waals surface area contributed by atoms with Crippen LogP contribution >= 0.6 is 11.8 Å². The lowest BCUT2D eigenvalue weighted by molar-refractivity contribution is -0.142. The highest BCUT2D eigenvalue weighted by Gasteiger charge is 2.41. The van der Waals surface area contributed by atoms with Gasteiger partial charge in [-0.1, -0.05) is 12.1 Å². The molecule has 0 spiro atoms. The van der Waals surface area contributed by atoms with Gasteiger partial charge in [0.25, 0.3) is 0 Å². The number of hydrogen-bond donors (Lipinski definition) is 0. The number of pyridine rings is 1. The molecule has 23 heavy (non-hydrogen) atoms. The summed E-state index contributed by atoms with van der Waals surface area (Å²) in [6, 6.07) is 3.84. The number of thioether (sulfide) groups is 1. The van der Waals surface area contributed by atoms with Gasteiger partial charge in [-0.15, -0.1) is 11.8 Å². The van der Waals surface area contributed by atoms with E-state index in [1.54, 1.807) is 35.1 Å². The molecule has 1 aliphatic carbocycles. The molecule has 1 aliphatic heterocycles. The number of allylic oxidation sites excluding steroid dienone is 1. The quantitative estimate of drug-likeness (QED) is 0.775. The van der Waals surface area contributed by atoms with Crippen molar-refractivity contribution < 1.29 is 9.59 Å². The highest BCUT2D eigenvalue weighted by molar-refractivity contribution is 7.99. The molecule has 0 radical (unpaired) electrons. The predicted molar refractivity (Wildman–Crippen MR) is 90.6 cm³/mol. The highest BCUT2D eigenvalue weighted by Crippen LogP contribution is 2.31. The standard InChI is InChI=1S/C17H21N3O2S/c1-2-4-16(21)20-12-23-11-15(20)17(22)19(14-6-7-14)10-13-5-3-8-18-9-13/h2-5,8-9,14-15H,6-7,10-12H2,1H3/b4-2+/t15-/m1/s1. The molecule has 2 aliphatic rings. The Bertz CT molecular complexity index is 601. The van der Waals surface area contributed by atoms with Crippen molar-refractivity contribution in [1.82, 2.24) is 14.8 Å². The molecule has 1 saturated carbocycles. The molecular weight excluding hydrogens is 310 g/mol. The van der Waals surface area contributed by atoms with Gasteiger partial charge in [-0.25, -0.2) is 0 Å². The molecule has 1 atom stereocenters. The zero-order chi connectivity index (χ0) is 16.2. The summed E-state index contributed by atoms with van der Waals surface area (Å²) >= 11 is 1.64. The summed E-state index contributed by atoms with van der Waals surface area (Å²) in [5.74, 6) is 1.26. The summed E-state index contributed by atoms with van der Waals surface area (Å²) in [6.45, 7) is 2.39. The van der Waals surface area contributed by atoms with E-state index in [2.05, 4.69) is 4.98 Å². The van der Waals surface area contributed by atoms with Crippen LogP contribution in [0.25, 0.3) is 0 Å². The average Bonchev–Trinajstić information content (AvgIpc) is 3.28. The largest absolute Gasteiger partial charge is 0.334 e. The zero-order valence-corrected chi connectivity index (χ0v) is 14.0. The van der Waals surface area contributed by atoms with Gasteiger partial charge in [0.1, 0.15) is 6.04 Å². The van der Waals surface area contributed by atoms with Crippen molar-refractivity contribution in [2.24, 2.45) is 0 Å². The van der Waals surface area contributed by atoms with Gasteiger partial charge in [0.2, 0.25) is 11.8 Å². The zero-order valence-electron chi connectivity index (χ0n) is 13.2. The number of nitrogens with zero attached hydrogens (tertiary/aromatic N) is 3. The molecule has 0 bridgehead atoms. The Morgan fingerprint density at radius 3 is 2.96 bits per heavy atom. The summed E-state index contributed by atoms with van der Waals surface area (Å²) in [7, 11) is 0. The SMILES string of the molecule is C/C=C/C(=O)N1CSC[C@@H]1C(=O)N(Cc1cccnc1)C1CC1. The van der Waals surface area contributed by atoms with Crippen LogP contribution in [0.3, 0.4) is 0 Å². The molecule has 0 N–H and O–H groups in total. The van der Waals surface area contributed by atoms with Gasteiger partial charge < -0.3 is 9.80 Å². The van der Waals surface area contributed by atoms with E-state index in [1.165, 1.54) is 6.08 Å². The number of aromatic nitrogens is 1. The Hall–Kier alpha value is -1.82. The van der Waals surface area contributed by atoms with E-state index in [9.17, 15) is 9.59 Å². The van der Waals surface area contributed by atoms with Crippen molar-refractivity contribution in [3.05, 3.63) is 42.2 Å². The van der Waals surface area contributed by atoms with Crippen LogP contribution in [-0.4, -0.2) is 50.3 Å².